The lowest BCUT2D eigenvalue weighted by Crippen LogP contribution is -1.94. The number of rotatable bonds is 13. The van der Waals surface area contributed by atoms with Crippen LogP contribution in [0.1, 0.15) is 11.1 Å². The molecule has 0 saturated carbocycles. The largest absolute Gasteiger partial charge is 0.497 e. The predicted octanol–water partition coefficient (Wildman–Crippen LogP) is 28.6. The summed E-state index contributed by atoms with van der Waals surface area (Å²) in [6.45, 7) is 45.4. The maximum Gasteiger partial charge on any atom is 0.254 e. The molecule has 148 heavy (non-hydrogen) atoms. The summed E-state index contributed by atoms with van der Waals surface area (Å²) in [6.07, 6.45) is 30.5. The molecule has 0 saturated heterocycles. The smallest absolute Gasteiger partial charge is 0.254 e. The fraction of sp³-hybridized carbons (Fsp3) is 0.0171. The molecule has 0 aliphatic rings. The predicted molar refractivity (Wildman–Crippen MR) is 557 cm³/mol. The average molecular weight is 1940 g/mol. The number of hydrogen-bond acceptors (Lipinski definition) is 14. The van der Waals surface area contributed by atoms with Crippen LogP contribution in [0.5, 0.6) is 5.75 Å². The van der Waals surface area contributed by atoms with E-state index in [4.69, 9.17) is 49.4 Å². The van der Waals surface area contributed by atoms with Crippen molar-refractivity contribution in [2.45, 2.75) is 6.92 Å². The summed E-state index contributed by atoms with van der Waals surface area (Å²) in [4.78, 5) is 72.8. The number of pyridine rings is 12. The first kappa shape index (κ1) is 95.2. The summed E-state index contributed by atoms with van der Waals surface area (Å²) in [6, 6.07) is 84.2. The van der Waals surface area contributed by atoms with Crippen LogP contribution in [0.15, 0.2) is 391 Å². The van der Waals surface area contributed by atoms with E-state index < -0.39 is 11.6 Å². The van der Waals surface area contributed by atoms with Gasteiger partial charge in [0.2, 0.25) is 33.9 Å². The van der Waals surface area contributed by atoms with E-state index in [2.05, 4.69) is 94.9 Å². The number of fused-ring (bicyclic) bond motifs is 6. The third kappa shape index (κ3) is 20.0. The number of hydrogen-bond donors (Lipinski definition) is 0. The van der Waals surface area contributed by atoms with E-state index in [1.54, 1.807) is 156 Å². The highest BCUT2D eigenvalue weighted by atomic mass is 19.2. The molecule has 24 rings (SSSR count). The lowest BCUT2D eigenvalue weighted by molar-refractivity contribution is 0.415. The zero-order chi connectivity index (χ0) is 102. The molecule has 0 unspecified atom stereocenters. The number of imidazole rings is 6. The Morgan fingerprint density at radius 2 is 0.541 bits per heavy atom. The number of aryl methyl sites for hydroxylation is 1. The minimum absolute atomic E-state index is 0.280. The minimum atomic E-state index is -0.922. The van der Waals surface area contributed by atoms with Crippen molar-refractivity contribution in [1.29, 1.82) is 5.26 Å². The summed E-state index contributed by atoms with van der Waals surface area (Å²) >= 11 is 0. The van der Waals surface area contributed by atoms with Crippen molar-refractivity contribution in [2.75, 3.05) is 7.11 Å². The molecular weight excluding hydrogens is 1870 g/mol. The van der Waals surface area contributed by atoms with Gasteiger partial charge in [0, 0.05) is 174 Å². The molecular formula is C117H70F5N25O. The van der Waals surface area contributed by atoms with E-state index in [1.165, 1.54) is 48.9 Å². The third-order valence-corrected chi connectivity index (χ3v) is 23.7. The van der Waals surface area contributed by atoms with Crippen LogP contribution in [0.25, 0.3) is 197 Å². The van der Waals surface area contributed by atoms with Crippen molar-refractivity contribution in [3.63, 3.8) is 0 Å². The van der Waals surface area contributed by atoms with Crippen LogP contribution in [0.2, 0.25) is 0 Å². The first-order valence-corrected chi connectivity index (χ1v) is 45.2. The summed E-state index contributed by atoms with van der Waals surface area (Å²) in [5.74, 6) is 0.738. The van der Waals surface area contributed by atoms with Gasteiger partial charge in [-0.2, -0.15) is 5.26 Å². The summed E-state index contributed by atoms with van der Waals surface area (Å²) in [5.41, 5.74) is 24.5. The fourth-order valence-corrected chi connectivity index (χ4v) is 16.7. The maximum absolute atomic E-state index is 14.4. The Morgan fingerprint density at radius 1 is 0.250 bits per heavy atom. The normalized spacial score (nSPS) is 10.6. The van der Waals surface area contributed by atoms with Crippen molar-refractivity contribution in [3.05, 3.63) is 499 Å². The van der Waals surface area contributed by atoms with Crippen LogP contribution >= 0.6 is 0 Å². The molecule has 0 bridgehead atoms. The van der Waals surface area contributed by atoms with Crippen LogP contribution in [-0.4, -0.2) is 93.3 Å². The molecule has 0 fully saturated rings. The molecule has 18 heterocycles. The number of methoxy groups -OCH3 is 1. The monoisotopic (exact) mass is 1940 g/mol. The molecule has 0 N–H and O–H groups in total. The Morgan fingerprint density at radius 3 is 0.885 bits per heavy atom. The molecule has 704 valence electrons. The Labute approximate surface area is 841 Å². The summed E-state index contributed by atoms with van der Waals surface area (Å²) in [7, 11) is 1.65. The Balaban J connectivity index is 0.000000112. The first-order chi connectivity index (χ1) is 72.5. The molecule has 26 nitrogen and oxygen atoms in total. The van der Waals surface area contributed by atoms with E-state index in [-0.39, 0.29) is 17.5 Å². The Kier molecular flexibility index (Phi) is 27.6. The van der Waals surface area contributed by atoms with Gasteiger partial charge in [-0.15, -0.1) is 0 Å². The Bertz CT molecular complexity index is 9550. The topological polar surface area (TPSA) is 240 Å². The van der Waals surface area contributed by atoms with Crippen LogP contribution in [0.3, 0.4) is 0 Å². The average Bonchev–Trinajstić information content (AvgIpc) is 1.74. The molecule has 31 heteroatoms. The van der Waals surface area contributed by atoms with Crippen LogP contribution in [0.4, 0.5) is 56.9 Å². The fourth-order valence-electron chi connectivity index (χ4n) is 16.7. The molecule has 18 aromatic heterocycles. The van der Waals surface area contributed by atoms with Crippen molar-refractivity contribution in [3.8, 4) is 146 Å². The molecule has 0 radical (unpaired) electrons. The van der Waals surface area contributed by atoms with Gasteiger partial charge in [-0.3, -0.25) is 29.9 Å². The molecule has 0 amide bonds. The highest BCUT2D eigenvalue weighted by Gasteiger charge is 2.23. The molecule has 0 atom stereocenters. The summed E-state index contributed by atoms with van der Waals surface area (Å²) < 4.78 is 84.4. The van der Waals surface area contributed by atoms with Crippen LogP contribution in [-0.2, 0) is 0 Å². The van der Waals surface area contributed by atoms with Gasteiger partial charge < -0.3 is 33.8 Å². The number of aromatic nitrogens is 18. The van der Waals surface area contributed by atoms with E-state index >= 15 is 0 Å². The highest BCUT2D eigenvalue weighted by Crippen LogP contribution is 2.41. The molecule has 24 aromatic rings. The standard InChI is InChI=1S/C20H13FN4.C20H11N5.C20H14N4O.C19H10F2N4.2C19H11FN4/c1-13-5-7-17(21)16(10-13)20-15(4-3-9-23-20)14-6-8-18-24-11-19(22-2)25(18)12-14;1-22-19-12-24-18-8-7-16(13-25(18)19)17-6-3-9-23-20(17)15-5-2-4-14(10-15)11-21;1-21-19-12-23-18-9-8-15(13-24(18)19)17-7-4-10-22-20(17)14-5-3-6-16(11-14)25-2;1-22-18-10-24-17-7-5-13(11-25(17)18)14-3-2-8-23-19(14)12-4-6-15(20)16(21)9-12;1-21-18-11-23-17-9-6-14(12-24(17)18)16-3-2-10-22-19(16)13-4-7-15(20)8-5-13;1-21-18-11-23-17-9-8-13(12-24(17)18)14-6-4-10-22-19(14)15-5-2-3-7-16(15)20/h3-12H,1H3;2-10,12-13H;3-13H,2H3;2-11H;2*2-12H. The van der Waals surface area contributed by atoms with E-state index in [9.17, 15) is 22.0 Å². The zero-order valence-electron chi connectivity index (χ0n) is 77.9. The lowest BCUT2D eigenvalue weighted by atomic mass is 9.99. The Hall–Kier alpha value is -21.8. The van der Waals surface area contributed by atoms with Crippen molar-refractivity contribution >= 4 is 68.8 Å². The highest BCUT2D eigenvalue weighted by molar-refractivity contribution is 5.88. The second-order valence-corrected chi connectivity index (χ2v) is 32.7. The van der Waals surface area contributed by atoms with Crippen LogP contribution in [0, 0.1) is 86.8 Å². The van der Waals surface area contributed by atoms with Gasteiger partial charge in [-0.25, -0.2) is 78.3 Å². The number of nitriles is 1. The summed E-state index contributed by atoms with van der Waals surface area (Å²) in [5, 5.41) is 9.14. The molecule has 6 aromatic carbocycles. The van der Waals surface area contributed by atoms with Gasteiger partial charge in [0.25, 0.3) is 34.9 Å². The quantitative estimate of drug-likeness (QED) is 0.0770. The molecule has 0 aliphatic heterocycles. The second-order valence-electron chi connectivity index (χ2n) is 32.7. The number of benzene rings is 6. The third-order valence-electron chi connectivity index (χ3n) is 23.7. The second kappa shape index (κ2) is 42.9. The number of halogens is 5. The van der Waals surface area contributed by atoms with Gasteiger partial charge in [0.15, 0.2) is 11.6 Å². The first-order valence-electron chi connectivity index (χ1n) is 45.2. The van der Waals surface area contributed by atoms with Gasteiger partial charge in [-0.1, -0.05) is 124 Å². The van der Waals surface area contributed by atoms with Gasteiger partial charge in [-0.05, 0) is 171 Å². The minimum Gasteiger partial charge on any atom is -0.497 e. The van der Waals surface area contributed by atoms with Crippen LogP contribution < -0.4 is 4.74 Å². The maximum atomic E-state index is 14.4. The molecule has 0 aliphatic carbocycles. The van der Waals surface area contributed by atoms with Gasteiger partial charge in [0.05, 0.1) is 127 Å². The number of nitrogens with zero attached hydrogens (tertiary/aromatic N) is 25. The SMILES string of the molecule is [C-]#[N+]c1cnc2ccc(-c3cccnc3-c3cc(C)ccc3F)cn12.[C-]#[N+]c1cnc2ccc(-c3cccnc3-c3ccc(F)c(F)c3)cn12.[C-]#[N+]c1cnc2ccc(-c3cccnc3-c3ccc(F)cc3)cn12.[C-]#[N+]c1cnc2ccc(-c3cccnc3-c3cccc(C#N)c3)cn12.[C-]#[N+]c1cnc2ccc(-c3cccnc3-c3cccc(OC)c3)cn12.[C-]#[N+]c1cnc2ccc(-c3cccnc3-c3ccccc3F)cn12. The van der Waals surface area contributed by atoms with E-state index in [0.29, 0.717) is 91.2 Å². The molecule has 0 spiro atoms. The zero-order valence-corrected chi connectivity index (χ0v) is 77.9. The van der Waals surface area contributed by atoms with Gasteiger partial charge in [0.1, 0.15) is 23.2 Å². The van der Waals surface area contributed by atoms with E-state index in [0.717, 1.165) is 141 Å². The lowest BCUT2D eigenvalue weighted by Gasteiger charge is -2.10. The van der Waals surface area contributed by atoms with Crippen molar-refractivity contribution in [2.24, 2.45) is 0 Å². The van der Waals surface area contributed by atoms with E-state index in [1.807, 2.05) is 214 Å². The van der Waals surface area contributed by atoms with Crippen molar-refractivity contribution < 1.29 is 26.7 Å². The number of ether oxygens (including phenoxy) is 1. The van der Waals surface area contributed by atoms with Gasteiger partial charge >= 0.3 is 0 Å². The van der Waals surface area contributed by atoms with Crippen molar-refractivity contribution in [1.82, 2.24) is 86.2 Å².